The molecule has 3 nitrogen and oxygen atoms in total. The lowest BCUT2D eigenvalue weighted by Crippen LogP contribution is -2.32. The monoisotopic (exact) mass is 255 g/mol. The molecule has 17 heavy (non-hydrogen) atoms. The molecule has 4 heteroatoms. The van der Waals surface area contributed by atoms with Gasteiger partial charge >= 0.3 is 0 Å². The van der Waals surface area contributed by atoms with E-state index in [1.54, 1.807) is 6.33 Å². The summed E-state index contributed by atoms with van der Waals surface area (Å²) in [4.78, 5) is 10.9. The summed E-state index contributed by atoms with van der Waals surface area (Å²) < 4.78 is 0. The molecule has 0 aliphatic heterocycles. The molecule has 1 aromatic heterocycles. The summed E-state index contributed by atoms with van der Waals surface area (Å²) in [5, 5.41) is 0. The number of alkyl halides is 1. The van der Waals surface area contributed by atoms with Crippen molar-refractivity contribution in [1.82, 2.24) is 9.97 Å². The largest absolute Gasteiger partial charge is 0.354 e. The van der Waals surface area contributed by atoms with Crippen LogP contribution in [0.4, 0.5) is 5.82 Å². The molecule has 0 N–H and O–H groups in total. The van der Waals surface area contributed by atoms with Crippen LogP contribution in [0.1, 0.15) is 45.7 Å². The van der Waals surface area contributed by atoms with E-state index >= 15 is 0 Å². The highest BCUT2D eigenvalue weighted by Crippen LogP contribution is 2.19. The third-order valence-corrected chi connectivity index (χ3v) is 2.98. The van der Waals surface area contributed by atoms with Crippen molar-refractivity contribution < 1.29 is 0 Å². The van der Waals surface area contributed by atoms with E-state index in [0.717, 1.165) is 24.5 Å². The number of anilines is 1. The van der Waals surface area contributed by atoms with E-state index < -0.39 is 0 Å². The second-order valence-corrected chi connectivity index (χ2v) is 5.16. The molecule has 0 saturated heterocycles. The Balaban J connectivity index is 2.89. The van der Waals surface area contributed by atoms with Gasteiger partial charge in [-0.2, -0.15) is 0 Å². The van der Waals surface area contributed by atoms with Crippen LogP contribution in [-0.4, -0.2) is 28.4 Å². The molecule has 1 rings (SSSR count). The first-order valence-corrected chi connectivity index (χ1v) is 6.74. The van der Waals surface area contributed by atoms with Gasteiger partial charge in [0, 0.05) is 30.2 Å². The maximum Gasteiger partial charge on any atom is 0.132 e. The molecular formula is C13H22ClN3. The van der Waals surface area contributed by atoms with Crippen LogP contribution in [0.25, 0.3) is 0 Å². The summed E-state index contributed by atoms with van der Waals surface area (Å²) in [6, 6.07) is 2.51. The van der Waals surface area contributed by atoms with Crippen molar-refractivity contribution in [2.24, 2.45) is 0 Å². The highest BCUT2D eigenvalue weighted by Gasteiger charge is 2.13. The summed E-state index contributed by atoms with van der Waals surface area (Å²) in [5.74, 6) is 2.12. The predicted octanol–water partition coefficient (Wildman–Crippen LogP) is 3.44. The standard InChI is InChI=1S/C13H22ClN3/c1-10(2)12-8-13(16-9-15-12)17(11(3)4)7-5-6-14/h8-11H,5-7H2,1-4H3. The van der Waals surface area contributed by atoms with Gasteiger partial charge < -0.3 is 4.90 Å². The SMILES string of the molecule is CC(C)c1cc(N(CCCCl)C(C)C)ncn1. The van der Waals surface area contributed by atoms with Crippen LogP contribution >= 0.6 is 11.6 Å². The van der Waals surface area contributed by atoms with Crippen LogP contribution < -0.4 is 4.90 Å². The van der Waals surface area contributed by atoms with Gasteiger partial charge in [-0.3, -0.25) is 0 Å². The first kappa shape index (κ1) is 14.2. The van der Waals surface area contributed by atoms with E-state index in [0.29, 0.717) is 17.8 Å². The van der Waals surface area contributed by atoms with E-state index in [1.165, 1.54) is 0 Å². The first-order chi connectivity index (χ1) is 8.06. The summed E-state index contributed by atoms with van der Waals surface area (Å²) >= 11 is 5.76. The van der Waals surface area contributed by atoms with Gasteiger partial charge in [0.1, 0.15) is 12.1 Å². The minimum Gasteiger partial charge on any atom is -0.354 e. The van der Waals surface area contributed by atoms with Crippen LogP contribution in [-0.2, 0) is 0 Å². The maximum absolute atomic E-state index is 5.76. The van der Waals surface area contributed by atoms with E-state index in [9.17, 15) is 0 Å². The van der Waals surface area contributed by atoms with Crippen LogP contribution in [0.2, 0.25) is 0 Å². The Bertz CT molecular complexity index is 339. The van der Waals surface area contributed by atoms with Gasteiger partial charge in [0.25, 0.3) is 0 Å². The van der Waals surface area contributed by atoms with E-state index in [1.807, 2.05) is 0 Å². The van der Waals surface area contributed by atoms with Crippen molar-refractivity contribution in [3.8, 4) is 0 Å². The van der Waals surface area contributed by atoms with Gasteiger partial charge in [-0.05, 0) is 26.2 Å². The average Bonchev–Trinajstić information content (AvgIpc) is 2.29. The highest BCUT2D eigenvalue weighted by molar-refractivity contribution is 6.17. The molecule has 0 aliphatic carbocycles. The van der Waals surface area contributed by atoms with Gasteiger partial charge in [-0.25, -0.2) is 9.97 Å². The highest BCUT2D eigenvalue weighted by atomic mass is 35.5. The Kier molecular flexibility index (Phi) is 5.69. The van der Waals surface area contributed by atoms with E-state index in [4.69, 9.17) is 11.6 Å². The van der Waals surface area contributed by atoms with Gasteiger partial charge in [0.05, 0.1) is 0 Å². The van der Waals surface area contributed by atoms with Crippen molar-refractivity contribution in [1.29, 1.82) is 0 Å². The smallest absolute Gasteiger partial charge is 0.132 e. The number of aromatic nitrogens is 2. The molecule has 0 bridgehead atoms. The molecule has 0 amide bonds. The summed E-state index contributed by atoms with van der Waals surface area (Å²) in [6.07, 6.45) is 2.63. The van der Waals surface area contributed by atoms with Crippen LogP contribution in [0.3, 0.4) is 0 Å². The third-order valence-electron chi connectivity index (χ3n) is 2.72. The normalized spacial score (nSPS) is 11.2. The first-order valence-electron chi connectivity index (χ1n) is 6.20. The fraction of sp³-hybridized carbons (Fsp3) is 0.692. The molecule has 1 aromatic rings. The molecule has 0 spiro atoms. The zero-order chi connectivity index (χ0) is 12.8. The van der Waals surface area contributed by atoms with Gasteiger partial charge in [0.15, 0.2) is 0 Å². The summed E-state index contributed by atoms with van der Waals surface area (Å²) in [7, 11) is 0. The van der Waals surface area contributed by atoms with Crippen molar-refractivity contribution in [3.63, 3.8) is 0 Å². The molecule has 0 fully saturated rings. The Morgan fingerprint density at radius 1 is 1.24 bits per heavy atom. The molecular weight excluding hydrogens is 234 g/mol. The maximum atomic E-state index is 5.76. The topological polar surface area (TPSA) is 29.0 Å². The molecule has 0 saturated carbocycles. The Hall–Kier alpha value is -0.830. The quantitative estimate of drug-likeness (QED) is 0.729. The van der Waals surface area contributed by atoms with E-state index in [2.05, 4.69) is 48.6 Å². The zero-order valence-corrected chi connectivity index (χ0v) is 11.9. The summed E-state index contributed by atoms with van der Waals surface area (Å²) in [6.45, 7) is 9.57. The number of hydrogen-bond donors (Lipinski definition) is 0. The molecule has 0 unspecified atom stereocenters. The lowest BCUT2D eigenvalue weighted by atomic mass is 10.1. The second kappa shape index (κ2) is 6.80. The summed E-state index contributed by atoms with van der Waals surface area (Å²) in [5.41, 5.74) is 1.09. The predicted molar refractivity (Wildman–Crippen MR) is 73.9 cm³/mol. The van der Waals surface area contributed by atoms with Crippen LogP contribution in [0, 0.1) is 0 Å². The van der Waals surface area contributed by atoms with Gasteiger partial charge in [-0.1, -0.05) is 13.8 Å². The van der Waals surface area contributed by atoms with Crippen molar-refractivity contribution in [2.45, 2.75) is 46.1 Å². The third kappa shape index (κ3) is 4.15. The average molecular weight is 256 g/mol. The Morgan fingerprint density at radius 2 is 1.94 bits per heavy atom. The van der Waals surface area contributed by atoms with Crippen LogP contribution in [0.15, 0.2) is 12.4 Å². The fourth-order valence-electron chi connectivity index (χ4n) is 1.70. The number of hydrogen-bond acceptors (Lipinski definition) is 3. The van der Waals surface area contributed by atoms with Crippen molar-refractivity contribution >= 4 is 17.4 Å². The molecule has 0 aliphatic rings. The van der Waals surface area contributed by atoms with Crippen molar-refractivity contribution in [2.75, 3.05) is 17.3 Å². The number of rotatable bonds is 6. The van der Waals surface area contributed by atoms with Gasteiger partial charge in [-0.15, -0.1) is 11.6 Å². The molecule has 0 radical (unpaired) electrons. The minimum atomic E-state index is 0.424. The Morgan fingerprint density at radius 3 is 2.47 bits per heavy atom. The molecule has 0 atom stereocenters. The fourth-order valence-corrected chi connectivity index (χ4v) is 1.82. The van der Waals surface area contributed by atoms with Gasteiger partial charge in [0.2, 0.25) is 0 Å². The lowest BCUT2D eigenvalue weighted by molar-refractivity contribution is 0.659. The number of halogens is 1. The van der Waals surface area contributed by atoms with E-state index in [-0.39, 0.29) is 0 Å². The molecule has 96 valence electrons. The van der Waals surface area contributed by atoms with Crippen LogP contribution in [0.5, 0.6) is 0 Å². The number of nitrogens with zero attached hydrogens (tertiary/aromatic N) is 3. The minimum absolute atomic E-state index is 0.424. The Labute approximate surface area is 109 Å². The molecule has 1 heterocycles. The van der Waals surface area contributed by atoms with Crippen molar-refractivity contribution in [3.05, 3.63) is 18.1 Å². The molecule has 0 aromatic carbocycles. The second-order valence-electron chi connectivity index (χ2n) is 4.79. The lowest BCUT2D eigenvalue weighted by Gasteiger charge is -2.28. The zero-order valence-electron chi connectivity index (χ0n) is 11.2.